The second kappa shape index (κ2) is 8.24. The first kappa shape index (κ1) is 21.0. The topological polar surface area (TPSA) is 38.8 Å². The van der Waals surface area contributed by atoms with Gasteiger partial charge in [-0.3, -0.25) is 9.69 Å². The van der Waals surface area contributed by atoms with Crippen LogP contribution in [0.15, 0.2) is 54.3 Å². The first-order chi connectivity index (χ1) is 15.4. The maximum atomic E-state index is 13.2. The molecular formula is C25H18Cl2FNO3. The fourth-order valence-electron chi connectivity index (χ4n) is 4.03. The average Bonchev–Trinajstić information content (AvgIpc) is 3.08. The van der Waals surface area contributed by atoms with Gasteiger partial charge in [0.2, 0.25) is 5.78 Å². The lowest BCUT2D eigenvalue weighted by atomic mass is 10.00. The molecule has 0 saturated carbocycles. The molecule has 0 spiro atoms. The monoisotopic (exact) mass is 469 g/mol. The fourth-order valence-corrected chi connectivity index (χ4v) is 4.53. The summed E-state index contributed by atoms with van der Waals surface area (Å²) in [7, 11) is 0. The Hall–Kier alpha value is -2.86. The largest absolute Gasteiger partial charge is 0.477 e. The highest BCUT2D eigenvalue weighted by Crippen LogP contribution is 2.43. The summed E-state index contributed by atoms with van der Waals surface area (Å²) in [6, 6.07) is 13.4. The number of ketones is 1. The predicted octanol–water partition coefficient (Wildman–Crippen LogP) is 6.41. The van der Waals surface area contributed by atoms with Gasteiger partial charge in [-0.15, -0.1) is 0 Å². The van der Waals surface area contributed by atoms with Gasteiger partial charge in [0, 0.05) is 39.8 Å². The number of Topliss-reactive ketones (excluding diaryl/α,β-unsaturated/α-hetero) is 1. The molecule has 2 aliphatic rings. The number of nitrogens with zero attached hydrogens (tertiary/aromatic N) is 1. The summed E-state index contributed by atoms with van der Waals surface area (Å²) in [4.78, 5) is 15.2. The third kappa shape index (κ3) is 3.77. The third-order valence-electron chi connectivity index (χ3n) is 5.60. The van der Waals surface area contributed by atoms with Crippen LogP contribution < -0.4 is 9.47 Å². The van der Waals surface area contributed by atoms with E-state index in [1.54, 1.807) is 36.4 Å². The molecule has 2 heterocycles. The van der Waals surface area contributed by atoms with Crippen molar-refractivity contribution < 1.29 is 18.7 Å². The van der Waals surface area contributed by atoms with Crippen molar-refractivity contribution in [3.05, 3.63) is 98.0 Å². The van der Waals surface area contributed by atoms with Crippen LogP contribution in [-0.2, 0) is 13.1 Å². The number of fused-ring (bicyclic) bond motifs is 2. The standard InChI is InChI=1S/C25H18Cl2FNO3/c1-14-24-16(12-29(13-31-24)11-15-5-7-17(28)8-6-15)9-19-23(30)22(32-25(14)19)10-18-20(26)3-2-4-21(18)27/h2-10H,11-13H2,1H3/b22-10-. The summed E-state index contributed by atoms with van der Waals surface area (Å²) in [5, 5.41) is 0.876. The number of rotatable bonds is 3. The molecule has 0 bridgehead atoms. The van der Waals surface area contributed by atoms with Crippen molar-refractivity contribution in [2.24, 2.45) is 0 Å². The summed E-state index contributed by atoms with van der Waals surface area (Å²) in [6.07, 6.45) is 1.58. The number of halogens is 3. The first-order valence-electron chi connectivity index (χ1n) is 10.0. The zero-order valence-electron chi connectivity index (χ0n) is 17.1. The van der Waals surface area contributed by atoms with E-state index in [0.29, 0.717) is 46.7 Å². The zero-order chi connectivity index (χ0) is 22.4. The molecule has 0 atom stereocenters. The minimum atomic E-state index is -0.263. The van der Waals surface area contributed by atoms with Gasteiger partial charge < -0.3 is 9.47 Å². The van der Waals surface area contributed by atoms with Crippen molar-refractivity contribution in [1.82, 2.24) is 4.90 Å². The van der Waals surface area contributed by atoms with Crippen LogP contribution in [0, 0.1) is 12.7 Å². The van der Waals surface area contributed by atoms with E-state index in [9.17, 15) is 9.18 Å². The molecule has 0 radical (unpaired) electrons. The lowest BCUT2D eigenvalue weighted by Crippen LogP contribution is -2.32. The van der Waals surface area contributed by atoms with E-state index < -0.39 is 0 Å². The SMILES string of the molecule is Cc1c2c(cc3c1O/C(=C\c1c(Cl)cccc1Cl)C3=O)CN(Cc1ccc(F)cc1)CO2. The van der Waals surface area contributed by atoms with E-state index >= 15 is 0 Å². The maximum Gasteiger partial charge on any atom is 0.231 e. The Morgan fingerprint density at radius 2 is 1.81 bits per heavy atom. The second-order valence-corrected chi connectivity index (χ2v) is 8.64. The van der Waals surface area contributed by atoms with Crippen LogP contribution in [0.3, 0.4) is 0 Å². The van der Waals surface area contributed by atoms with Gasteiger partial charge in [-0.05, 0) is 48.9 Å². The molecule has 0 unspecified atom stereocenters. The van der Waals surface area contributed by atoms with Crippen molar-refractivity contribution >= 4 is 35.1 Å². The normalized spacial score (nSPS) is 16.5. The van der Waals surface area contributed by atoms with Gasteiger partial charge in [0.15, 0.2) is 5.76 Å². The molecule has 7 heteroatoms. The molecule has 0 amide bonds. The summed E-state index contributed by atoms with van der Waals surface area (Å²) in [5.74, 6) is 0.904. The Morgan fingerprint density at radius 1 is 1.09 bits per heavy atom. The maximum absolute atomic E-state index is 13.2. The Kier molecular flexibility index (Phi) is 5.41. The van der Waals surface area contributed by atoms with E-state index in [4.69, 9.17) is 32.7 Å². The van der Waals surface area contributed by atoms with Gasteiger partial charge in [0.05, 0.1) is 5.56 Å². The molecule has 0 N–H and O–H groups in total. The number of ether oxygens (including phenoxy) is 2. The predicted molar refractivity (Wildman–Crippen MR) is 122 cm³/mol. The van der Waals surface area contributed by atoms with Crippen molar-refractivity contribution in [3.63, 3.8) is 0 Å². The van der Waals surface area contributed by atoms with Gasteiger partial charge in [-0.25, -0.2) is 4.39 Å². The summed E-state index contributed by atoms with van der Waals surface area (Å²) < 4.78 is 25.1. The number of benzene rings is 3. The van der Waals surface area contributed by atoms with E-state index in [-0.39, 0.29) is 17.4 Å². The van der Waals surface area contributed by atoms with Gasteiger partial charge in [-0.1, -0.05) is 41.4 Å². The quantitative estimate of drug-likeness (QED) is 0.415. The van der Waals surface area contributed by atoms with E-state index in [0.717, 1.165) is 22.4 Å². The number of allylic oxidation sites excluding steroid dienone is 1. The Morgan fingerprint density at radius 3 is 2.53 bits per heavy atom. The van der Waals surface area contributed by atoms with Crippen LogP contribution in [0.2, 0.25) is 10.0 Å². The summed E-state index contributed by atoms with van der Waals surface area (Å²) in [6.45, 7) is 3.47. The van der Waals surface area contributed by atoms with Crippen molar-refractivity contribution in [2.75, 3.05) is 6.73 Å². The molecule has 0 aliphatic carbocycles. The molecule has 0 fully saturated rings. The minimum absolute atomic E-state index is 0.170. The number of carbonyl (C=O) groups excluding carboxylic acids is 1. The third-order valence-corrected chi connectivity index (χ3v) is 6.26. The van der Waals surface area contributed by atoms with Crippen LogP contribution in [0.5, 0.6) is 11.5 Å². The molecule has 0 saturated heterocycles. The van der Waals surface area contributed by atoms with Crippen LogP contribution in [0.1, 0.15) is 32.6 Å². The average molecular weight is 470 g/mol. The van der Waals surface area contributed by atoms with Crippen LogP contribution in [-0.4, -0.2) is 17.4 Å². The molecule has 5 rings (SSSR count). The zero-order valence-corrected chi connectivity index (χ0v) is 18.6. The lowest BCUT2D eigenvalue weighted by molar-refractivity contribution is 0.0876. The van der Waals surface area contributed by atoms with Crippen LogP contribution in [0.25, 0.3) is 6.08 Å². The molecule has 0 aromatic heterocycles. The van der Waals surface area contributed by atoms with E-state index in [2.05, 4.69) is 4.90 Å². The minimum Gasteiger partial charge on any atom is -0.477 e. The van der Waals surface area contributed by atoms with E-state index in [1.165, 1.54) is 12.1 Å². The highest BCUT2D eigenvalue weighted by atomic mass is 35.5. The van der Waals surface area contributed by atoms with Crippen LogP contribution >= 0.6 is 23.2 Å². The highest BCUT2D eigenvalue weighted by Gasteiger charge is 2.34. The number of hydrogen-bond donors (Lipinski definition) is 0. The molecule has 4 nitrogen and oxygen atoms in total. The van der Waals surface area contributed by atoms with Crippen molar-refractivity contribution in [2.45, 2.75) is 20.0 Å². The Labute approximate surface area is 194 Å². The molecule has 3 aromatic carbocycles. The molecule has 162 valence electrons. The van der Waals surface area contributed by atoms with Gasteiger partial charge >= 0.3 is 0 Å². The summed E-state index contributed by atoms with van der Waals surface area (Å²) in [5.41, 5.74) is 3.70. The number of carbonyl (C=O) groups is 1. The second-order valence-electron chi connectivity index (χ2n) is 7.83. The molecule has 3 aromatic rings. The first-order valence-corrected chi connectivity index (χ1v) is 10.8. The molecular weight excluding hydrogens is 452 g/mol. The van der Waals surface area contributed by atoms with Crippen molar-refractivity contribution in [3.8, 4) is 11.5 Å². The van der Waals surface area contributed by atoms with Gasteiger partial charge in [-0.2, -0.15) is 0 Å². The number of hydrogen-bond acceptors (Lipinski definition) is 4. The Balaban J connectivity index is 1.44. The fraction of sp³-hybridized carbons (Fsp3) is 0.160. The highest BCUT2D eigenvalue weighted by molar-refractivity contribution is 6.37. The summed E-state index contributed by atoms with van der Waals surface area (Å²) >= 11 is 12.5. The Bertz CT molecular complexity index is 1250. The van der Waals surface area contributed by atoms with Gasteiger partial charge in [0.25, 0.3) is 0 Å². The smallest absolute Gasteiger partial charge is 0.231 e. The van der Waals surface area contributed by atoms with Crippen molar-refractivity contribution in [1.29, 1.82) is 0 Å². The molecule has 2 aliphatic heterocycles. The molecule has 32 heavy (non-hydrogen) atoms. The van der Waals surface area contributed by atoms with Gasteiger partial charge in [0.1, 0.15) is 24.0 Å². The lowest BCUT2D eigenvalue weighted by Gasteiger charge is -2.30. The van der Waals surface area contributed by atoms with Crippen LogP contribution in [0.4, 0.5) is 4.39 Å². The van der Waals surface area contributed by atoms with E-state index in [1.807, 2.05) is 13.0 Å².